The Balaban J connectivity index is 0.00000171. The molecule has 0 atom stereocenters. The average Bonchev–Trinajstić information content (AvgIpc) is 3.11. The Labute approximate surface area is 209 Å². The summed E-state index contributed by atoms with van der Waals surface area (Å²) in [6, 6.07) is 9.16. The summed E-state index contributed by atoms with van der Waals surface area (Å²) < 4.78 is 3.33. The molecule has 1 aliphatic carbocycles. The highest BCUT2D eigenvalue weighted by atomic mass is 127. The van der Waals surface area contributed by atoms with Gasteiger partial charge in [-0.15, -0.1) is 24.8 Å². The zero-order valence-electron chi connectivity index (χ0n) is 17.6. The second-order valence-electron chi connectivity index (χ2n) is 7.75. The predicted molar refractivity (Wildman–Crippen MR) is 140 cm³/mol. The number of nitrogens with zero attached hydrogens (tertiary/aromatic N) is 4. The van der Waals surface area contributed by atoms with E-state index in [2.05, 4.69) is 74.0 Å². The first-order valence-corrected chi connectivity index (χ1v) is 11.4. The molecule has 0 saturated heterocycles. The van der Waals surface area contributed by atoms with Crippen LogP contribution in [0.5, 0.6) is 0 Å². The molecular weight excluding hydrogens is 548 g/mol. The minimum Gasteiger partial charge on any atom is -0.364 e. The maximum atomic E-state index is 6.05. The molecule has 31 heavy (non-hydrogen) atoms. The van der Waals surface area contributed by atoms with Gasteiger partial charge < -0.3 is 20.9 Å². The van der Waals surface area contributed by atoms with Crippen LogP contribution in [0.1, 0.15) is 44.6 Å². The van der Waals surface area contributed by atoms with Crippen molar-refractivity contribution in [3.05, 3.63) is 39.7 Å². The number of rotatable bonds is 7. The van der Waals surface area contributed by atoms with Crippen molar-refractivity contribution in [3.63, 3.8) is 0 Å². The number of fused-ring (bicyclic) bond motifs is 1. The third-order valence-corrected chi connectivity index (χ3v) is 6.05. The van der Waals surface area contributed by atoms with Gasteiger partial charge in [-0.25, -0.2) is 4.98 Å². The molecule has 3 aromatic rings. The maximum absolute atomic E-state index is 6.05. The Hall–Kier alpha value is -1.36. The summed E-state index contributed by atoms with van der Waals surface area (Å²) in [5, 5.41) is 7.02. The average molecular weight is 578 g/mol. The van der Waals surface area contributed by atoms with Crippen molar-refractivity contribution in [1.82, 2.24) is 19.5 Å². The summed E-state index contributed by atoms with van der Waals surface area (Å²) in [5.41, 5.74) is 8.96. The largest absolute Gasteiger partial charge is 0.364 e. The maximum Gasteiger partial charge on any atom is 0.227 e. The third-order valence-electron chi connectivity index (χ3n) is 5.38. The summed E-state index contributed by atoms with van der Waals surface area (Å²) in [5.74, 6) is 1.44. The molecule has 2 heterocycles. The fourth-order valence-electron chi connectivity index (χ4n) is 3.82. The number of hydrogen-bond donors (Lipinski definition) is 3. The van der Waals surface area contributed by atoms with Gasteiger partial charge in [0.05, 0.1) is 6.33 Å². The molecule has 1 saturated carbocycles. The SMILES string of the molecule is CCCn1cnc2c(NCc3cccc(I)c3)nc(NC3CCC(N)CC3)nc21.Cl.Cl. The number of nitrogens with two attached hydrogens (primary N) is 1. The van der Waals surface area contributed by atoms with E-state index in [1.807, 2.05) is 6.33 Å². The molecule has 10 heteroatoms. The van der Waals surface area contributed by atoms with Gasteiger partial charge in [-0.1, -0.05) is 19.1 Å². The van der Waals surface area contributed by atoms with E-state index < -0.39 is 0 Å². The van der Waals surface area contributed by atoms with Crippen LogP contribution in [0, 0.1) is 3.57 Å². The van der Waals surface area contributed by atoms with E-state index >= 15 is 0 Å². The van der Waals surface area contributed by atoms with Crippen molar-refractivity contribution in [2.24, 2.45) is 5.73 Å². The van der Waals surface area contributed by atoms with Gasteiger partial charge in [0.25, 0.3) is 0 Å². The van der Waals surface area contributed by atoms with E-state index in [1.165, 1.54) is 9.13 Å². The molecule has 0 radical (unpaired) electrons. The number of halogens is 3. The van der Waals surface area contributed by atoms with Crippen molar-refractivity contribution in [2.45, 2.75) is 64.2 Å². The van der Waals surface area contributed by atoms with Crippen LogP contribution in [-0.4, -0.2) is 31.6 Å². The molecule has 0 spiro atoms. The van der Waals surface area contributed by atoms with Crippen molar-refractivity contribution in [2.75, 3.05) is 10.6 Å². The van der Waals surface area contributed by atoms with Gasteiger partial charge >= 0.3 is 0 Å². The first-order chi connectivity index (χ1) is 14.1. The van der Waals surface area contributed by atoms with E-state index in [1.54, 1.807) is 0 Å². The summed E-state index contributed by atoms with van der Waals surface area (Å²) in [6.07, 6.45) is 7.10. The lowest BCUT2D eigenvalue weighted by molar-refractivity contribution is 0.410. The van der Waals surface area contributed by atoms with Gasteiger partial charge in [0.15, 0.2) is 17.0 Å². The standard InChI is InChI=1S/C21H28IN7.2ClH/c1-2-10-29-13-25-18-19(24-12-14-4-3-5-15(22)11-14)27-21(28-20(18)29)26-17-8-6-16(23)7-9-17;;/h3-5,11,13,16-17H,2,6-10,12,23H2,1H3,(H2,24,26,27,28);2*1H. The summed E-state index contributed by atoms with van der Waals surface area (Å²) >= 11 is 2.34. The molecule has 1 fully saturated rings. The van der Waals surface area contributed by atoms with E-state index in [9.17, 15) is 0 Å². The van der Waals surface area contributed by atoms with Gasteiger partial charge in [-0.2, -0.15) is 9.97 Å². The summed E-state index contributed by atoms with van der Waals surface area (Å²) in [7, 11) is 0. The van der Waals surface area contributed by atoms with E-state index in [-0.39, 0.29) is 24.8 Å². The number of benzene rings is 1. The second kappa shape index (κ2) is 12.0. The molecule has 1 aromatic carbocycles. The molecule has 1 aliphatic rings. The normalized spacial score (nSPS) is 18.2. The van der Waals surface area contributed by atoms with Crippen molar-refractivity contribution in [1.29, 1.82) is 0 Å². The Kier molecular flexibility index (Phi) is 10.1. The Morgan fingerprint density at radius 2 is 1.94 bits per heavy atom. The summed E-state index contributed by atoms with van der Waals surface area (Å²) in [4.78, 5) is 14.2. The van der Waals surface area contributed by atoms with Crippen molar-refractivity contribution < 1.29 is 0 Å². The highest BCUT2D eigenvalue weighted by molar-refractivity contribution is 14.1. The van der Waals surface area contributed by atoms with Crippen LogP contribution in [0.4, 0.5) is 11.8 Å². The van der Waals surface area contributed by atoms with Gasteiger partial charge in [0, 0.05) is 28.7 Å². The molecule has 2 aromatic heterocycles. The van der Waals surface area contributed by atoms with E-state index in [0.29, 0.717) is 24.6 Å². The van der Waals surface area contributed by atoms with Gasteiger partial charge in [-0.3, -0.25) is 0 Å². The van der Waals surface area contributed by atoms with Gasteiger partial charge in [-0.05, 0) is 72.4 Å². The first-order valence-electron chi connectivity index (χ1n) is 10.4. The lowest BCUT2D eigenvalue weighted by atomic mass is 9.92. The number of imidazole rings is 1. The minimum atomic E-state index is 0. The molecule has 4 N–H and O–H groups in total. The van der Waals surface area contributed by atoms with Crippen LogP contribution in [-0.2, 0) is 13.1 Å². The molecule has 0 unspecified atom stereocenters. The van der Waals surface area contributed by atoms with Crippen LogP contribution >= 0.6 is 47.4 Å². The lowest BCUT2D eigenvalue weighted by Gasteiger charge is -2.26. The monoisotopic (exact) mass is 577 g/mol. The van der Waals surface area contributed by atoms with E-state index in [4.69, 9.17) is 15.7 Å². The zero-order chi connectivity index (χ0) is 20.2. The highest BCUT2D eigenvalue weighted by Crippen LogP contribution is 2.25. The zero-order valence-corrected chi connectivity index (χ0v) is 21.3. The summed E-state index contributed by atoms with van der Waals surface area (Å²) in [6.45, 7) is 3.75. The molecule has 170 valence electrons. The second-order valence-corrected chi connectivity index (χ2v) is 8.99. The minimum absolute atomic E-state index is 0. The third kappa shape index (κ3) is 6.57. The molecular formula is C21H30Cl2IN7. The number of hydrogen-bond acceptors (Lipinski definition) is 6. The molecule has 4 rings (SSSR count). The Morgan fingerprint density at radius 1 is 1.16 bits per heavy atom. The Morgan fingerprint density at radius 3 is 2.65 bits per heavy atom. The Bertz CT molecular complexity index is 974. The fraction of sp³-hybridized carbons (Fsp3) is 0.476. The molecule has 0 amide bonds. The van der Waals surface area contributed by atoms with Crippen LogP contribution in [0.3, 0.4) is 0 Å². The highest BCUT2D eigenvalue weighted by Gasteiger charge is 2.20. The first kappa shape index (κ1) is 25.9. The van der Waals surface area contributed by atoms with E-state index in [0.717, 1.165) is 55.6 Å². The molecule has 7 nitrogen and oxygen atoms in total. The van der Waals surface area contributed by atoms with Crippen LogP contribution in [0.2, 0.25) is 0 Å². The topological polar surface area (TPSA) is 93.7 Å². The van der Waals surface area contributed by atoms with Crippen molar-refractivity contribution >= 4 is 70.3 Å². The number of aromatic nitrogens is 4. The van der Waals surface area contributed by atoms with Gasteiger partial charge in [0.2, 0.25) is 5.95 Å². The number of anilines is 2. The van der Waals surface area contributed by atoms with Crippen LogP contribution < -0.4 is 16.4 Å². The van der Waals surface area contributed by atoms with Gasteiger partial charge in [0.1, 0.15) is 0 Å². The smallest absolute Gasteiger partial charge is 0.227 e. The molecule has 0 bridgehead atoms. The lowest BCUT2D eigenvalue weighted by Crippen LogP contribution is -2.33. The van der Waals surface area contributed by atoms with Crippen molar-refractivity contribution in [3.8, 4) is 0 Å². The predicted octanol–water partition coefficient (Wildman–Crippen LogP) is 4.98. The number of aryl methyl sites for hydroxylation is 1. The van der Waals surface area contributed by atoms with Crippen LogP contribution in [0.25, 0.3) is 11.2 Å². The van der Waals surface area contributed by atoms with Crippen LogP contribution in [0.15, 0.2) is 30.6 Å². The fourth-order valence-corrected chi connectivity index (χ4v) is 4.42. The quantitative estimate of drug-likeness (QED) is 0.343. The number of nitrogens with one attached hydrogen (secondary N) is 2. The molecule has 0 aliphatic heterocycles.